The quantitative estimate of drug-likeness (QED) is 0.815. The summed E-state index contributed by atoms with van der Waals surface area (Å²) >= 11 is 1.01. The lowest BCUT2D eigenvalue weighted by molar-refractivity contribution is -0.122. The average Bonchev–Trinajstić information content (AvgIpc) is 2.33. The third kappa shape index (κ3) is 3.45. The molecule has 0 atom stereocenters. The first-order valence-corrected chi connectivity index (χ1v) is 7.03. The number of thioether (sulfide) groups is 1. The largest absolute Gasteiger partial charge is 0.394 e. The van der Waals surface area contributed by atoms with Crippen molar-refractivity contribution < 1.29 is 18.7 Å². The highest BCUT2D eigenvalue weighted by Crippen LogP contribution is 2.31. The predicted molar refractivity (Wildman–Crippen MR) is 68.9 cm³/mol. The predicted octanol–water partition coefficient (Wildman–Crippen LogP) is 2.09. The molecule has 2 rings (SSSR count). The van der Waals surface area contributed by atoms with Crippen LogP contribution in [0.15, 0.2) is 23.1 Å². The number of nitrogens with one attached hydrogen (secondary N) is 1. The minimum absolute atomic E-state index is 0.0459. The Morgan fingerprint density at radius 2 is 2.16 bits per heavy atom. The molecule has 0 saturated heterocycles. The third-order valence-electron chi connectivity index (χ3n) is 3.27. The molecule has 0 aliphatic heterocycles. The van der Waals surface area contributed by atoms with Gasteiger partial charge in [-0.05, 0) is 31.4 Å². The molecule has 1 saturated carbocycles. The van der Waals surface area contributed by atoms with Gasteiger partial charge in [0.05, 0.1) is 17.9 Å². The van der Waals surface area contributed by atoms with Gasteiger partial charge in [-0.15, -0.1) is 11.8 Å². The zero-order chi connectivity index (χ0) is 13.9. The number of rotatable bonds is 5. The van der Waals surface area contributed by atoms with Gasteiger partial charge in [0.15, 0.2) is 0 Å². The van der Waals surface area contributed by atoms with E-state index in [1.807, 2.05) is 0 Å². The summed E-state index contributed by atoms with van der Waals surface area (Å²) in [5.74, 6) is -1.51. The standard InChI is InChI=1S/C13H15F2NO2S/c14-9-2-3-11(10(15)6-9)19-7-12(18)16-13(8-17)4-1-5-13/h2-3,6,17H,1,4-5,7-8H2,(H,16,18). The van der Waals surface area contributed by atoms with Crippen molar-refractivity contribution in [3.8, 4) is 0 Å². The Labute approximate surface area is 114 Å². The first-order valence-electron chi connectivity index (χ1n) is 6.04. The fourth-order valence-electron chi connectivity index (χ4n) is 1.99. The highest BCUT2D eigenvalue weighted by molar-refractivity contribution is 8.00. The van der Waals surface area contributed by atoms with Gasteiger partial charge in [0.2, 0.25) is 5.91 Å². The first-order chi connectivity index (χ1) is 9.04. The van der Waals surface area contributed by atoms with Crippen molar-refractivity contribution in [1.29, 1.82) is 0 Å². The summed E-state index contributed by atoms with van der Waals surface area (Å²) in [6.45, 7) is -0.0751. The molecule has 1 amide bonds. The number of hydrogen-bond donors (Lipinski definition) is 2. The van der Waals surface area contributed by atoms with Crippen molar-refractivity contribution in [2.75, 3.05) is 12.4 Å². The molecule has 0 heterocycles. The molecule has 1 aromatic carbocycles. The van der Waals surface area contributed by atoms with Crippen LogP contribution in [0.4, 0.5) is 8.78 Å². The van der Waals surface area contributed by atoms with E-state index in [0.717, 1.165) is 43.2 Å². The van der Waals surface area contributed by atoms with Gasteiger partial charge >= 0.3 is 0 Å². The molecule has 6 heteroatoms. The fraction of sp³-hybridized carbons (Fsp3) is 0.462. The van der Waals surface area contributed by atoms with Crippen molar-refractivity contribution >= 4 is 17.7 Å². The van der Waals surface area contributed by atoms with Crippen LogP contribution in [0.2, 0.25) is 0 Å². The van der Waals surface area contributed by atoms with Crippen molar-refractivity contribution in [3.05, 3.63) is 29.8 Å². The third-order valence-corrected chi connectivity index (χ3v) is 4.32. The van der Waals surface area contributed by atoms with E-state index < -0.39 is 17.2 Å². The molecule has 0 bridgehead atoms. The summed E-state index contributed by atoms with van der Waals surface area (Å²) in [5, 5.41) is 12.0. The lowest BCUT2D eigenvalue weighted by Crippen LogP contribution is -2.56. The van der Waals surface area contributed by atoms with Gasteiger partial charge in [0, 0.05) is 11.0 Å². The number of benzene rings is 1. The summed E-state index contributed by atoms with van der Waals surface area (Å²) in [5.41, 5.74) is -0.487. The van der Waals surface area contributed by atoms with Crippen molar-refractivity contribution in [2.24, 2.45) is 0 Å². The van der Waals surface area contributed by atoms with Crippen molar-refractivity contribution in [1.82, 2.24) is 5.32 Å². The van der Waals surface area contributed by atoms with Gasteiger partial charge in [-0.25, -0.2) is 8.78 Å². The van der Waals surface area contributed by atoms with E-state index in [0.29, 0.717) is 0 Å². The maximum atomic E-state index is 13.3. The monoisotopic (exact) mass is 287 g/mol. The number of aliphatic hydroxyl groups is 1. The molecular weight excluding hydrogens is 272 g/mol. The molecule has 1 aromatic rings. The second-order valence-electron chi connectivity index (χ2n) is 4.70. The normalized spacial score (nSPS) is 16.8. The summed E-state index contributed by atoms with van der Waals surface area (Å²) in [4.78, 5) is 12.0. The molecule has 0 spiro atoms. The van der Waals surface area contributed by atoms with Crippen LogP contribution in [0.25, 0.3) is 0 Å². The second kappa shape index (κ2) is 5.88. The molecule has 1 fully saturated rings. The lowest BCUT2D eigenvalue weighted by atomic mass is 9.77. The van der Waals surface area contributed by atoms with Gasteiger partial charge in [-0.2, -0.15) is 0 Å². The van der Waals surface area contributed by atoms with E-state index in [4.69, 9.17) is 0 Å². The Morgan fingerprint density at radius 3 is 2.68 bits per heavy atom. The summed E-state index contributed by atoms with van der Waals surface area (Å²) in [6, 6.07) is 3.26. The summed E-state index contributed by atoms with van der Waals surface area (Å²) in [7, 11) is 0. The van der Waals surface area contributed by atoms with Crippen LogP contribution in [-0.2, 0) is 4.79 Å². The molecule has 104 valence electrons. The number of carbonyl (C=O) groups excluding carboxylic acids is 1. The van der Waals surface area contributed by atoms with E-state index in [1.165, 1.54) is 6.07 Å². The van der Waals surface area contributed by atoms with E-state index in [9.17, 15) is 18.7 Å². The smallest absolute Gasteiger partial charge is 0.230 e. The van der Waals surface area contributed by atoms with Crippen LogP contribution in [0.1, 0.15) is 19.3 Å². The second-order valence-corrected chi connectivity index (χ2v) is 5.72. The number of aliphatic hydroxyl groups excluding tert-OH is 1. The molecule has 19 heavy (non-hydrogen) atoms. The Kier molecular flexibility index (Phi) is 4.42. The summed E-state index contributed by atoms with van der Waals surface area (Å²) in [6.07, 6.45) is 2.52. The van der Waals surface area contributed by atoms with Crippen LogP contribution in [0.3, 0.4) is 0 Å². The SMILES string of the molecule is O=C(CSc1ccc(F)cc1F)NC1(CO)CCC1. The molecule has 0 radical (unpaired) electrons. The minimum Gasteiger partial charge on any atom is -0.394 e. The topological polar surface area (TPSA) is 49.3 Å². The van der Waals surface area contributed by atoms with Crippen LogP contribution < -0.4 is 5.32 Å². The number of hydrogen-bond acceptors (Lipinski definition) is 3. The number of amides is 1. The van der Waals surface area contributed by atoms with Gasteiger partial charge < -0.3 is 10.4 Å². The van der Waals surface area contributed by atoms with Crippen molar-refractivity contribution in [2.45, 2.75) is 29.7 Å². The van der Waals surface area contributed by atoms with E-state index in [2.05, 4.69) is 5.32 Å². The lowest BCUT2D eigenvalue weighted by Gasteiger charge is -2.40. The molecular formula is C13H15F2NO2S. The molecule has 0 aromatic heterocycles. The molecule has 3 nitrogen and oxygen atoms in total. The number of carbonyl (C=O) groups is 1. The van der Waals surface area contributed by atoms with Crippen LogP contribution in [0, 0.1) is 11.6 Å². The Morgan fingerprint density at radius 1 is 1.42 bits per heavy atom. The van der Waals surface area contributed by atoms with E-state index in [1.54, 1.807) is 0 Å². The average molecular weight is 287 g/mol. The van der Waals surface area contributed by atoms with Crippen LogP contribution >= 0.6 is 11.8 Å². The molecule has 0 unspecified atom stereocenters. The van der Waals surface area contributed by atoms with E-state index in [-0.39, 0.29) is 23.2 Å². The van der Waals surface area contributed by atoms with Gasteiger partial charge in [-0.3, -0.25) is 4.79 Å². The molecule has 1 aliphatic carbocycles. The van der Waals surface area contributed by atoms with Crippen LogP contribution in [-0.4, -0.2) is 28.9 Å². The Bertz CT molecular complexity index is 472. The zero-order valence-corrected chi connectivity index (χ0v) is 11.1. The maximum absolute atomic E-state index is 13.3. The van der Waals surface area contributed by atoms with Gasteiger partial charge in [0.1, 0.15) is 11.6 Å². The fourth-order valence-corrected chi connectivity index (χ4v) is 2.71. The van der Waals surface area contributed by atoms with Gasteiger partial charge in [-0.1, -0.05) is 0 Å². The Balaban J connectivity index is 1.86. The zero-order valence-electron chi connectivity index (χ0n) is 10.3. The van der Waals surface area contributed by atoms with Crippen LogP contribution in [0.5, 0.6) is 0 Å². The van der Waals surface area contributed by atoms with E-state index >= 15 is 0 Å². The highest BCUT2D eigenvalue weighted by atomic mass is 32.2. The Hall–Kier alpha value is -1.14. The summed E-state index contributed by atoms with van der Waals surface area (Å²) < 4.78 is 26.1. The molecule has 2 N–H and O–H groups in total. The van der Waals surface area contributed by atoms with Crippen molar-refractivity contribution in [3.63, 3.8) is 0 Å². The highest BCUT2D eigenvalue weighted by Gasteiger charge is 2.37. The van der Waals surface area contributed by atoms with Gasteiger partial charge in [0.25, 0.3) is 0 Å². The first kappa shape index (κ1) is 14.3. The minimum atomic E-state index is -0.668. The number of halogens is 2. The molecule has 1 aliphatic rings. The maximum Gasteiger partial charge on any atom is 0.230 e.